The molecule has 2 N–H and O–H groups in total. The highest BCUT2D eigenvalue weighted by molar-refractivity contribution is 6.04. The van der Waals surface area contributed by atoms with E-state index in [2.05, 4.69) is 20.8 Å². The molecule has 4 aliphatic carbocycles. The summed E-state index contributed by atoms with van der Waals surface area (Å²) in [6, 6.07) is 0. The molecule has 0 aromatic rings. The third kappa shape index (κ3) is 5.46. The van der Waals surface area contributed by atoms with Crippen molar-refractivity contribution in [3.8, 4) is 0 Å². The van der Waals surface area contributed by atoms with E-state index in [1.165, 1.54) is 25.7 Å². The molecule has 7 nitrogen and oxygen atoms in total. The van der Waals surface area contributed by atoms with Gasteiger partial charge in [0.05, 0.1) is 5.60 Å². The van der Waals surface area contributed by atoms with Crippen LogP contribution in [0.15, 0.2) is 23.3 Å². The number of aliphatic hydroxyl groups is 2. The van der Waals surface area contributed by atoms with Crippen LogP contribution in [0.3, 0.4) is 0 Å². The number of esters is 2. The van der Waals surface area contributed by atoms with Crippen LogP contribution in [-0.2, 0) is 23.9 Å². The molecule has 7 unspecified atom stereocenters. The van der Waals surface area contributed by atoms with Crippen LogP contribution in [0.25, 0.3) is 0 Å². The average molecular weight is 573 g/mol. The molecule has 4 aliphatic rings. The van der Waals surface area contributed by atoms with Crippen LogP contribution in [0.5, 0.6) is 0 Å². The summed E-state index contributed by atoms with van der Waals surface area (Å²) in [5.41, 5.74) is -3.29. The van der Waals surface area contributed by atoms with E-state index in [0.717, 1.165) is 19.3 Å². The number of unbranched alkanes of at least 4 members (excludes halogenated alkanes) is 6. The lowest BCUT2D eigenvalue weighted by molar-refractivity contribution is -0.187. The summed E-state index contributed by atoms with van der Waals surface area (Å²) in [5.74, 6) is -2.75. The molecule has 0 aromatic carbocycles. The molecule has 0 spiro atoms. The Morgan fingerprint density at radius 1 is 0.951 bits per heavy atom. The van der Waals surface area contributed by atoms with Crippen molar-refractivity contribution < 1.29 is 34.1 Å². The van der Waals surface area contributed by atoms with E-state index in [-0.39, 0.29) is 42.6 Å². The minimum absolute atomic E-state index is 0.00362. The van der Waals surface area contributed by atoms with Crippen LogP contribution >= 0.6 is 0 Å². The molecule has 0 amide bonds. The van der Waals surface area contributed by atoms with E-state index in [1.807, 2.05) is 19.9 Å². The number of carbonyl (C=O) groups excluding carboxylic acids is 3. The lowest BCUT2D eigenvalue weighted by Gasteiger charge is -2.50. The number of carbonyl (C=O) groups is 3. The highest BCUT2D eigenvalue weighted by Gasteiger charge is 2.83. The fraction of sp³-hybridized carbons (Fsp3) is 0.794. The van der Waals surface area contributed by atoms with Crippen LogP contribution < -0.4 is 0 Å². The maximum Gasteiger partial charge on any atom is 0.306 e. The Kier molecular flexibility index (Phi) is 9.31. The number of hydrogen-bond acceptors (Lipinski definition) is 7. The molecule has 2 saturated carbocycles. The number of ketones is 1. The first kappa shape index (κ1) is 31.9. The van der Waals surface area contributed by atoms with Crippen LogP contribution in [0.4, 0.5) is 0 Å². The predicted octanol–water partition coefficient (Wildman–Crippen LogP) is 6.00. The van der Waals surface area contributed by atoms with Gasteiger partial charge in [0.1, 0.15) is 17.8 Å². The van der Waals surface area contributed by atoms with Crippen LogP contribution in [0.1, 0.15) is 119 Å². The van der Waals surface area contributed by atoms with Crippen LogP contribution in [0, 0.1) is 29.1 Å². The molecule has 41 heavy (non-hydrogen) atoms. The largest absolute Gasteiger partial charge is 0.461 e. The summed E-state index contributed by atoms with van der Waals surface area (Å²) in [4.78, 5) is 38.7. The zero-order valence-corrected chi connectivity index (χ0v) is 26.1. The second kappa shape index (κ2) is 11.9. The van der Waals surface area contributed by atoms with Gasteiger partial charge in [-0.15, -0.1) is 0 Å². The normalized spacial score (nSPS) is 36.7. The first-order valence-corrected chi connectivity index (χ1v) is 16.0. The van der Waals surface area contributed by atoms with Crippen molar-refractivity contribution >= 4 is 17.7 Å². The summed E-state index contributed by atoms with van der Waals surface area (Å²) in [5, 5.41) is 24.5. The maximum absolute atomic E-state index is 13.4. The Bertz CT molecular complexity index is 1090. The van der Waals surface area contributed by atoms with Gasteiger partial charge in [-0.3, -0.25) is 14.4 Å². The van der Waals surface area contributed by atoms with Gasteiger partial charge in [-0.2, -0.15) is 0 Å². The molecule has 0 heterocycles. The molecule has 0 aliphatic heterocycles. The average Bonchev–Trinajstić information content (AvgIpc) is 3.31. The van der Waals surface area contributed by atoms with E-state index in [9.17, 15) is 24.6 Å². The number of Topliss-reactive ketones (excluding diaryl/α,β-unsaturated/α-hetero) is 1. The van der Waals surface area contributed by atoms with Gasteiger partial charge in [-0.1, -0.05) is 85.3 Å². The third-order valence-electron chi connectivity index (χ3n) is 10.8. The number of hydrogen-bond donors (Lipinski definition) is 2. The molecular weight excluding hydrogens is 520 g/mol. The molecule has 0 radical (unpaired) electrons. The molecule has 0 bridgehead atoms. The first-order valence-electron chi connectivity index (χ1n) is 16.0. The lowest BCUT2D eigenvalue weighted by atomic mass is 9.60. The number of ether oxygens (including phenoxy) is 2. The quantitative estimate of drug-likeness (QED) is 0.158. The van der Waals surface area contributed by atoms with Gasteiger partial charge in [0.2, 0.25) is 0 Å². The Morgan fingerprint density at radius 3 is 2.27 bits per heavy atom. The monoisotopic (exact) mass is 572 g/mol. The number of rotatable bonds is 13. The van der Waals surface area contributed by atoms with Gasteiger partial charge in [-0.05, 0) is 43.3 Å². The van der Waals surface area contributed by atoms with E-state index < -0.39 is 34.1 Å². The lowest BCUT2D eigenvalue weighted by Crippen LogP contribution is -2.61. The van der Waals surface area contributed by atoms with Gasteiger partial charge < -0.3 is 19.7 Å². The topological polar surface area (TPSA) is 110 Å². The zero-order valence-electron chi connectivity index (χ0n) is 26.1. The predicted molar refractivity (Wildman–Crippen MR) is 157 cm³/mol. The van der Waals surface area contributed by atoms with Gasteiger partial charge in [0.15, 0.2) is 5.78 Å². The highest BCUT2D eigenvalue weighted by Crippen LogP contribution is 2.76. The molecular formula is C34H52O7. The molecule has 0 saturated heterocycles. The Balaban J connectivity index is 1.56. The minimum atomic E-state index is -1.81. The van der Waals surface area contributed by atoms with Crippen molar-refractivity contribution in [3.63, 3.8) is 0 Å². The van der Waals surface area contributed by atoms with Crippen molar-refractivity contribution in [2.24, 2.45) is 29.1 Å². The van der Waals surface area contributed by atoms with E-state index >= 15 is 0 Å². The van der Waals surface area contributed by atoms with Crippen molar-refractivity contribution in [2.75, 3.05) is 6.61 Å². The van der Waals surface area contributed by atoms with Crippen LogP contribution in [-0.4, -0.2) is 51.3 Å². The smallest absolute Gasteiger partial charge is 0.306 e. The van der Waals surface area contributed by atoms with Gasteiger partial charge in [0, 0.05) is 42.4 Å². The molecule has 230 valence electrons. The summed E-state index contributed by atoms with van der Waals surface area (Å²) in [7, 11) is 0. The summed E-state index contributed by atoms with van der Waals surface area (Å²) in [6.45, 7) is 11.9. The molecule has 2 fully saturated rings. The molecule has 0 aromatic heterocycles. The second-order valence-corrected chi connectivity index (χ2v) is 13.9. The second-order valence-electron chi connectivity index (χ2n) is 13.9. The minimum Gasteiger partial charge on any atom is -0.461 e. The van der Waals surface area contributed by atoms with Crippen molar-refractivity contribution in [3.05, 3.63) is 23.3 Å². The third-order valence-corrected chi connectivity index (χ3v) is 10.8. The van der Waals surface area contributed by atoms with Gasteiger partial charge in [-0.25, -0.2) is 0 Å². The Hall–Kier alpha value is -1.99. The fourth-order valence-electron chi connectivity index (χ4n) is 8.52. The van der Waals surface area contributed by atoms with Gasteiger partial charge >= 0.3 is 11.9 Å². The van der Waals surface area contributed by atoms with Crippen molar-refractivity contribution in [2.45, 2.75) is 135 Å². The molecule has 4 rings (SSSR count). The summed E-state index contributed by atoms with van der Waals surface area (Å²) < 4.78 is 11.9. The highest BCUT2D eigenvalue weighted by atomic mass is 16.6. The number of fused-ring (bicyclic) bond motifs is 5. The maximum atomic E-state index is 13.4. The van der Waals surface area contributed by atoms with Crippen molar-refractivity contribution in [1.29, 1.82) is 0 Å². The van der Waals surface area contributed by atoms with E-state index in [0.29, 0.717) is 36.8 Å². The summed E-state index contributed by atoms with van der Waals surface area (Å²) >= 11 is 0. The Morgan fingerprint density at radius 2 is 1.61 bits per heavy atom. The fourth-order valence-corrected chi connectivity index (χ4v) is 8.52. The van der Waals surface area contributed by atoms with Crippen LogP contribution in [0.2, 0.25) is 0 Å². The molecule has 7 atom stereocenters. The summed E-state index contributed by atoms with van der Waals surface area (Å²) in [6.07, 6.45) is 13.2. The van der Waals surface area contributed by atoms with Gasteiger partial charge in [0.25, 0.3) is 0 Å². The van der Waals surface area contributed by atoms with E-state index in [4.69, 9.17) is 9.47 Å². The zero-order chi connectivity index (χ0) is 30.2. The SMILES string of the molecule is CCCCCCCCCC(=O)OCC1=CC2C3C(C)(C)C3(OC(=O)CCC)CC(C)C2(O)C2C=C(C)C(=O)C2(O)C1. The molecule has 7 heteroatoms. The van der Waals surface area contributed by atoms with Crippen molar-refractivity contribution in [1.82, 2.24) is 0 Å². The Labute approximate surface area is 246 Å². The van der Waals surface area contributed by atoms with E-state index in [1.54, 1.807) is 13.0 Å². The first-order chi connectivity index (χ1) is 19.3. The standard InChI is InChI=1S/C34H52O7/c1-7-9-10-11-12-13-14-16-27(35)40-21-24-18-25-29-31(5,6)33(29,41-28(36)15-8-2)19-23(4)34(25,39)26-17-22(3)30(37)32(26,38)20-24/h17-18,23,25-26,29,38-39H,7-16,19-21H2,1-6H3.